The van der Waals surface area contributed by atoms with Crippen LogP contribution in [-0.4, -0.2) is 36.4 Å². The Morgan fingerprint density at radius 1 is 1.21 bits per heavy atom. The van der Waals surface area contributed by atoms with E-state index in [1.165, 1.54) is 0 Å². The fourth-order valence-corrected chi connectivity index (χ4v) is 3.05. The molecule has 0 spiro atoms. The van der Waals surface area contributed by atoms with E-state index in [4.69, 9.17) is 4.74 Å². The lowest BCUT2D eigenvalue weighted by atomic mass is 10.0. The standard InChI is InChI=1S/C19H28N2O3/c1-4-24-17-10-9-14(2)13-16(17)15(3)20-18(22)19(23)21-11-7-5-6-8-12-21/h9-10,13,15H,4-8,11-12H2,1-3H3,(H,20,22). The highest BCUT2D eigenvalue weighted by molar-refractivity contribution is 6.35. The highest BCUT2D eigenvalue weighted by atomic mass is 16.5. The Balaban J connectivity index is 2.05. The summed E-state index contributed by atoms with van der Waals surface area (Å²) in [5.41, 5.74) is 1.99. The second-order valence-corrected chi connectivity index (χ2v) is 6.38. The van der Waals surface area contributed by atoms with Crippen LogP contribution in [0.2, 0.25) is 0 Å². The normalized spacial score (nSPS) is 16.2. The number of ether oxygens (including phenoxy) is 1. The number of aryl methyl sites for hydroxylation is 1. The minimum atomic E-state index is -0.534. The van der Waals surface area contributed by atoms with Crippen LogP contribution in [0.5, 0.6) is 5.75 Å². The monoisotopic (exact) mass is 332 g/mol. The van der Waals surface area contributed by atoms with Gasteiger partial charge in [0.05, 0.1) is 12.6 Å². The van der Waals surface area contributed by atoms with Crippen LogP contribution < -0.4 is 10.1 Å². The van der Waals surface area contributed by atoms with Gasteiger partial charge in [0.15, 0.2) is 0 Å². The highest BCUT2D eigenvalue weighted by Gasteiger charge is 2.25. The third kappa shape index (κ3) is 4.73. The summed E-state index contributed by atoms with van der Waals surface area (Å²) in [6.07, 6.45) is 4.20. The molecule has 1 aliphatic heterocycles. The molecule has 0 aliphatic carbocycles. The molecule has 1 heterocycles. The van der Waals surface area contributed by atoms with Gasteiger partial charge in [-0.2, -0.15) is 0 Å². The Hall–Kier alpha value is -2.04. The van der Waals surface area contributed by atoms with Gasteiger partial charge in [0.1, 0.15) is 5.75 Å². The lowest BCUT2D eigenvalue weighted by Crippen LogP contribution is -2.44. The molecule has 24 heavy (non-hydrogen) atoms. The molecular weight excluding hydrogens is 304 g/mol. The zero-order valence-electron chi connectivity index (χ0n) is 14.9. The average Bonchev–Trinajstić information content (AvgIpc) is 2.85. The molecule has 0 aromatic heterocycles. The summed E-state index contributed by atoms with van der Waals surface area (Å²) in [4.78, 5) is 26.4. The molecule has 1 saturated heterocycles. The summed E-state index contributed by atoms with van der Waals surface area (Å²) in [6, 6.07) is 5.60. The predicted molar refractivity (Wildman–Crippen MR) is 94.0 cm³/mol. The zero-order chi connectivity index (χ0) is 17.5. The maximum atomic E-state index is 12.4. The predicted octanol–water partition coefficient (Wildman–Crippen LogP) is 2.97. The van der Waals surface area contributed by atoms with Crippen LogP contribution in [0.3, 0.4) is 0 Å². The van der Waals surface area contributed by atoms with Crippen LogP contribution in [-0.2, 0) is 9.59 Å². The Morgan fingerprint density at radius 2 is 1.88 bits per heavy atom. The molecule has 1 aliphatic rings. The summed E-state index contributed by atoms with van der Waals surface area (Å²) in [6.45, 7) is 7.71. The van der Waals surface area contributed by atoms with Gasteiger partial charge in [0, 0.05) is 18.7 Å². The van der Waals surface area contributed by atoms with Crippen molar-refractivity contribution in [3.63, 3.8) is 0 Å². The number of benzene rings is 1. The Morgan fingerprint density at radius 3 is 2.50 bits per heavy atom. The average molecular weight is 332 g/mol. The SMILES string of the molecule is CCOc1ccc(C)cc1C(C)NC(=O)C(=O)N1CCCCCC1. The maximum Gasteiger partial charge on any atom is 0.311 e. The molecule has 1 N–H and O–H groups in total. The third-order valence-electron chi connectivity index (χ3n) is 4.37. The van der Waals surface area contributed by atoms with Gasteiger partial charge in [-0.1, -0.05) is 30.5 Å². The van der Waals surface area contributed by atoms with Gasteiger partial charge in [0.2, 0.25) is 0 Å². The van der Waals surface area contributed by atoms with Crippen LogP contribution in [0.25, 0.3) is 0 Å². The van der Waals surface area contributed by atoms with E-state index in [9.17, 15) is 9.59 Å². The van der Waals surface area contributed by atoms with Crippen molar-refractivity contribution in [2.45, 2.75) is 52.5 Å². The molecule has 5 nitrogen and oxygen atoms in total. The van der Waals surface area contributed by atoms with Crippen molar-refractivity contribution in [2.75, 3.05) is 19.7 Å². The quantitative estimate of drug-likeness (QED) is 0.862. The number of amides is 2. The van der Waals surface area contributed by atoms with Crippen molar-refractivity contribution in [1.82, 2.24) is 10.2 Å². The Bertz CT molecular complexity index is 578. The van der Waals surface area contributed by atoms with Gasteiger partial charge in [-0.25, -0.2) is 0 Å². The molecule has 0 bridgehead atoms. The number of carbonyl (C=O) groups excluding carboxylic acids is 2. The molecule has 1 unspecified atom stereocenters. The van der Waals surface area contributed by atoms with E-state index in [1.807, 2.05) is 39.0 Å². The first-order valence-corrected chi connectivity index (χ1v) is 8.86. The molecule has 0 saturated carbocycles. The fourth-order valence-electron chi connectivity index (χ4n) is 3.05. The van der Waals surface area contributed by atoms with Gasteiger partial charge < -0.3 is 15.0 Å². The molecule has 2 amide bonds. The van der Waals surface area contributed by atoms with Crippen molar-refractivity contribution in [3.05, 3.63) is 29.3 Å². The second-order valence-electron chi connectivity index (χ2n) is 6.38. The number of nitrogens with zero attached hydrogens (tertiary/aromatic N) is 1. The molecular formula is C19H28N2O3. The van der Waals surface area contributed by atoms with Crippen LogP contribution in [0.4, 0.5) is 0 Å². The summed E-state index contributed by atoms with van der Waals surface area (Å²) in [5, 5.41) is 2.83. The van der Waals surface area contributed by atoms with Crippen molar-refractivity contribution in [2.24, 2.45) is 0 Å². The minimum absolute atomic E-state index is 0.283. The highest BCUT2D eigenvalue weighted by Crippen LogP contribution is 2.26. The zero-order valence-corrected chi connectivity index (χ0v) is 14.9. The topological polar surface area (TPSA) is 58.6 Å². The lowest BCUT2D eigenvalue weighted by molar-refractivity contribution is -0.146. The van der Waals surface area contributed by atoms with Crippen molar-refractivity contribution in [3.8, 4) is 5.75 Å². The molecule has 1 atom stereocenters. The van der Waals surface area contributed by atoms with E-state index in [1.54, 1.807) is 4.90 Å². The molecule has 1 aromatic rings. The van der Waals surface area contributed by atoms with E-state index in [-0.39, 0.29) is 6.04 Å². The van der Waals surface area contributed by atoms with E-state index in [0.29, 0.717) is 19.7 Å². The van der Waals surface area contributed by atoms with Crippen LogP contribution in [0, 0.1) is 6.92 Å². The Kier molecular flexibility index (Phi) is 6.64. The number of hydrogen-bond donors (Lipinski definition) is 1. The first-order valence-electron chi connectivity index (χ1n) is 8.86. The fraction of sp³-hybridized carbons (Fsp3) is 0.579. The van der Waals surface area contributed by atoms with Crippen LogP contribution >= 0.6 is 0 Å². The minimum Gasteiger partial charge on any atom is -0.494 e. The van der Waals surface area contributed by atoms with Crippen molar-refractivity contribution >= 4 is 11.8 Å². The Labute approximate surface area is 144 Å². The summed E-state index contributed by atoms with van der Waals surface area (Å²) >= 11 is 0. The molecule has 1 fully saturated rings. The first-order chi connectivity index (χ1) is 11.5. The van der Waals surface area contributed by atoms with E-state index in [2.05, 4.69) is 5.32 Å². The van der Waals surface area contributed by atoms with Crippen LogP contribution in [0.15, 0.2) is 18.2 Å². The number of hydrogen-bond acceptors (Lipinski definition) is 3. The number of carbonyl (C=O) groups is 2. The summed E-state index contributed by atoms with van der Waals surface area (Å²) in [5.74, 6) is -0.208. The van der Waals surface area contributed by atoms with Gasteiger partial charge in [-0.15, -0.1) is 0 Å². The smallest absolute Gasteiger partial charge is 0.311 e. The van der Waals surface area contributed by atoms with Crippen molar-refractivity contribution in [1.29, 1.82) is 0 Å². The van der Waals surface area contributed by atoms with Gasteiger partial charge >= 0.3 is 11.8 Å². The van der Waals surface area contributed by atoms with Gasteiger partial charge in [-0.3, -0.25) is 9.59 Å². The molecule has 2 rings (SSSR count). The van der Waals surface area contributed by atoms with Crippen molar-refractivity contribution < 1.29 is 14.3 Å². The van der Waals surface area contributed by atoms with Crippen LogP contribution in [0.1, 0.15) is 56.7 Å². The van der Waals surface area contributed by atoms with E-state index >= 15 is 0 Å². The molecule has 0 radical (unpaired) electrons. The lowest BCUT2D eigenvalue weighted by Gasteiger charge is -2.22. The number of likely N-dealkylation sites (tertiary alicyclic amines) is 1. The number of rotatable bonds is 4. The maximum absolute atomic E-state index is 12.4. The van der Waals surface area contributed by atoms with Gasteiger partial charge in [0.25, 0.3) is 0 Å². The third-order valence-corrected chi connectivity index (χ3v) is 4.37. The first kappa shape index (κ1) is 18.3. The summed E-state index contributed by atoms with van der Waals surface area (Å²) < 4.78 is 5.64. The largest absolute Gasteiger partial charge is 0.494 e. The second kappa shape index (κ2) is 8.71. The van der Waals surface area contributed by atoms with E-state index < -0.39 is 11.8 Å². The number of nitrogens with one attached hydrogen (secondary N) is 1. The van der Waals surface area contributed by atoms with E-state index in [0.717, 1.165) is 42.6 Å². The molecule has 1 aromatic carbocycles. The molecule has 5 heteroatoms. The van der Waals surface area contributed by atoms with Gasteiger partial charge in [-0.05, 0) is 39.7 Å². The summed E-state index contributed by atoms with van der Waals surface area (Å²) in [7, 11) is 0. The molecule has 132 valence electrons.